The van der Waals surface area contributed by atoms with E-state index in [0.29, 0.717) is 0 Å². The van der Waals surface area contributed by atoms with E-state index in [1.165, 1.54) is 0 Å². The van der Waals surface area contributed by atoms with E-state index in [1.807, 2.05) is 0 Å². The maximum absolute atomic E-state index is 5.82. The summed E-state index contributed by atoms with van der Waals surface area (Å²) in [6.07, 6.45) is 0. The highest BCUT2D eigenvalue weighted by Crippen LogP contribution is 2.09. The molecule has 0 aliphatic carbocycles. The lowest BCUT2D eigenvalue weighted by molar-refractivity contribution is 0.574. The second kappa shape index (κ2) is 2.69. The first-order chi connectivity index (χ1) is 3.71. The Bertz CT molecular complexity index is 77.4. The van der Waals surface area contributed by atoms with Crippen LogP contribution in [0, 0.1) is 0 Å². The first kappa shape index (κ1) is 9.61. The Labute approximate surface area is 63.3 Å². The van der Waals surface area contributed by atoms with Gasteiger partial charge in [0.15, 0.2) is 16.2 Å². The molecule has 53 valence electrons. The molecule has 0 aliphatic heterocycles. The molecule has 9 heavy (non-hydrogen) atoms. The number of hydrogen-bond acceptors (Lipinski definition) is 1. The van der Waals surface area contributed by atoms with Crippen LogP contribution in [0.25, 0.3) is 0 Å². The van der Waals surface area contributed by atoms with E-state index in [2.05, 4.69) is 42.5 Å². The van der Waals surface area contributed by atoms with Gasteiger partial charge < -0.3 is 4.12 Å². The quantitative estimate of drug-likeness (QED) is 0.581. The Kier molecular flexibility index (Phi) is 2.87. The minimum absolute atomic E-state index is 1.28. The predicted octanol–water partition coefficient (Wildman–Crippen LogP) is 1.71. The van der Waals surface area contributed by atoms with Crippen LogP contribution in [0.5, 0.6) is 0 Å². The maximum Gasteiger partial charge on any atom is 0.170 e. The summed E-state index contributed by atoms with van der Waals surface area (Å²) in [5.41, 5.74) is 0. The van der Waals surface area contributed by atoms with Crippen LogP contribution in [0.4, 0.5) is 0 Å². The van der Waals surface area contributed by atoms with Crippen LogP contribution in [-0.4, -0.2) is 25.9 Å². The van der Waals surface area contributed by atoms with Gasteiger partial charge in [0, 0.05) is 9.76 Å². The van der Waals surface area contributed by atoms with Gasteiger partial charge in [-0.15, -0.1) is 0 Å². The first-order valence-corrected chi connectivity index (χ1v) is 11.0. The molecule has 4 heteroatoms. The average molecular weight is 175 g/mol. The fraction of sp³-hybridized carbons (Fsp3) is 1.00. The first-order valence-electron chi connectivity index (χ1n) is 3.16. The second-order valence-electron chi connectivity index (χ2n) is 3.72. The summed E-state index contributed by atoms with van der Waals surface area (Å²) in [5.74, 6) is 0. The van der Waals surface area contributed by atoms with Crippen molar-refractivity contribution in [3.63, 3.8) is 0 Å². The van der Waals surface area contributed by atoms with Crippen molar-refractivity contribution < 1.29 is 4.12 Å². The van der Waals surface area contributed by atoms with E-state index < -0.39 is 16.2 Å². The topological polar surface area (TPSA) is 9.23 Å². The summed E-state index contributed by atoms with van der Waals surface area (Å²) >= 11 is 0. The lowest BCUT2D eigenvalue weighted by atomic mass is 11.8. The Morgan fingerprint density at radius 2 is 1.33 bits per heavy atom. The molecule has 0 atom stereocenters. The van der Waals surface area contributed by atoms with Gasteiger partial charge >= 0.3 is 0 Å². The van der Waals surface area contributed by atoms with Gasteiger partial charge in [-0.05, 0) is 32.7 Å². The molecule has 0 N–H and O–H groups in total. The Hall–Kier alpha value is 0.611. The van der Waals surface area contributed by atoms with Gasteiger partial charge in [0.25, 0.3) is 0 Å². The van der Waals surface area contributed by atoms with E-state index >= 15 is 0 Å². The van der Waals surface area contributed by atoms with Crippen LogP contribution in [-0.2, 0) is 4.12 Å². The molecule has 0 fully saturated rings. The zero-order valence-electron chi connectivity index (χ0n) is 6.91. The van der Waals surface area contributed by atoms with Crippen LogP contribution in [0.2, 0.25) is 32.7 Å². The molecular weight excluding hydrogens is 160 g/mol. The fourth-order valence-corrected chi connectivity index (χ4v) is 9.64. The third kappa shape index (κ3) is 8.61. The minimum atomic E-state index is -1.43. The van der Waals surface area contributed by atoms with Crippen molar-refractivity contribution >= 4 is 25.9 Å². The van der Waals surface area contributed by atoms with Gasteiger partial charge in [-0.3, -0.25) is 0 Å². The summed E-state index contributed by atoms with van der Waals surface area (Å²) in [6.45, 7) is 10.9. The van der Waals surface area contributed by atoms with Gasteiger partial charge in [-0.2, -0.15) is 0 Å². The molecule has 0 aromatic heterocycles. The van der Waals surface area contributed by atoms with Gasteiger partial charge in [-0.25, -0.2) is 0 Å². The van der Waals surface area contributed by atoms with E-state index in [4.69, 9.17) is 4.12 Å². The summed E-state index contributed by atoms with van der Waals surface area (Å²) in [7, 11) is 0.910. The second-order valence-corrected chi connectivity index (χ2v) is 15.4. The Morgan fingerprint density at radius 1 is 1.00 bits per heavy atom. The average Bonchev–Trinajstić information content (AvgIpc) is 1.14. The smallest absolute Gasteiger partial charge is 0.170 e. The molecule has 0 spiro atoms. The van der Waals surface area contributed by atoms with Gasteiger partial charge in [0.1, 0.15) is 0 Å². The summed E-state index contributed by atoms with van der Waals surface area (Å²) < 4.78 is 5.82. The molecule has 3 radical (unpaired) electrons. The number of hydrogen-bond donors (Lipinski definition) is 0. The highest BCUT2D eigenvalue weighted by atomic mass is 29.2. The van der Waals surface area contributed by atoms with Crippen LogP contribution in [0.15, 0.2) is 0 Å². The minimum Gasteiger partial charge on any atom is -0.459 e. The molecule has 0 saturated heterocycles. The van der Waals surface area contributed by atoms with Crippen molar-refractivity contribution in [3.8, 4) is 0 Å². The molecule has 0 saturated carbocycles. The highest BCUT2D eigenvalue weighted by molar-refractivity contribution is 7.14. The molecule has 0 rings (SSSR count). The van der Waals surface area contributed by atoms with E-state index in [0.717, 1.165) is 0 Å². The van der Waals surface area contributed by atoms with Gasteiger partial charge in [-0.1, -0.05) is 0 Å². The number of rotatable bonds is 2. The lowest BCUT2D eigenvalue weighted by Gasteiger charge is -2.27. The van der Waals surface area contributed by atoms with Crippen LogP contribution in [0.1, 0.15) is 0 Å². The molecular formula is C5H15OSi3. The van der Waals surface area contributed by atoms with E-state index in [-0.39, 0.29) is 0 Å². The molecule has 1 nitrogen and oxygen atoms in total. The lowest BCUT2D eigenvalue weighted by Crippen LogP contribution is -2.42. The molecule has 0 unspecified atom stereocenters. The normalized spacial score (nSPS) is 14.0. The molecule has 0 amide bonds. The molecule has 0 heterocycles. The zero-order chi connectivity index (χ0) is 7.71. The van der Waals surface area contributed by atoms with E-state index in [9.17, 15) is 0 Å². The fourth-order valence-electron chi connectivity index (χ4n) is 0.765. The van der Waals surface area contributed by atoms with Gasteiger partial charge in [0.2, 0.25) is 0 Å². The van der Waals surface area contributed by atoms with Gasteiger partial charge in [0.05, 0.1) is 0 Å². The summed E-state index contributed by atoms with van der Waals surface area (Å²) in [4.78, 5) is 0. The molecule has 0 aromatic rings. The predicted molar refractivity (Wildman–Crippen MR) is 47.7 cm³/mol. The largest absolute Gasteiger partial charge is 0.459 e. The van der Waals surface area contributed by atoms with Crippen molar-refractivity contribution in [2.75, 3.05) is 0 Å². The monoisotopic (exact) mass is 175 g/mol. The highest BCUT2D eigenvalue weighted by Gasteiger charge is 2.24. The maximum atomic E-state index is 5.82. The van der Waals surface area contributed by atoms with E-state index in [1.54, 1.807) is 0 Å². The Morgan fingerprint density at radius 3 is 1.33 bits per heavy atom. The van der Waals surface area contributed by atoms with Crippen molar-refractivity contribution in [2.45, 2.75) is 32.7 Å². The summed E-state index contributed by atoms with van der Waals surface area (Å²) in [6, 6.07) is 0. The van der Waals surface area contributed by atoms with Crippen LogP contribution >= 0.6 is 0 Å². The SMILES string of the molecule is C[Si](C)(C)O[Si](C)(C)[Si]. The zero-order valence-corrected chi connectivity index (χ0v) is 9.91. The van der Waals surface area contributed by atoms with Crippen LogP contribution in [0.3, 0.4) is 0 Å². The van der Waals surface area contributed by atoms with Crippen molar-refractivity contribution in [3.05, 3.63) is 0 Å². The van der Waals surface area contributed by atoms with Crippen molar-refractivity contribution in [2.24, 2.45) is 0 Å². The standard InChI is InChI=1S/C5H15OSi3/c1-8(2,3)6-9(4,5)7/h1-5H3. The summed E-state index contributed by atoms with van der Waals surface area (Å²) in [5, 5.41) is 0. The molecule has 0 aromatic carbocycles. The van der Waals surface area contributed by atoms with Crippen molar-refractivity contribution in [1.29, 1.82) is 0 Å². The third-order valence-electron chi connectivity index (χ3n) is 0.561. The Balaban J connectivity index is 3.75. The third-order valence-corrected chi connectivity index (χ3v) is 5.97. The molecule has 0 aliphatic rings. The van der Waals surface area contributed by atoms with Crippen LogP contribution < -0.4 is 0 Å². The molecule has 0 bridgehead atoms. The van der Waals surface area contributed by atoms with Crippen molar-refractivity contribution in [1.82, 2.24) is 0 Å².